The Labute approximate surface area is 158 Å². The molecule has 0 heterocycles. The largest absolute Gasteiger partial charge is 0.507 e. The Balaban J connectivity index is 2.72. The first-order chi connectivity index (χ1) is 12.3. The fourth-order valence-corrected chi connectivity index (χ4v) is 3.69. The lowest BCUT2D eigenvalue weighted by molar-refractivity contribution is 0.331. The highest BCUT2D eigenvalue weighted by atomic mass is 16.3. The second-order valence-corrected chi connectivity index (χ2v) is 7.90. The summed E-state index contributed by atoms with van der Waals surface area (Å²) in [4.78, 5) is 0. The van der Waals surface area contributed by atoms with E-state index in [4.69, 9.17) is 0 Å². The standard InChI is InChI=1S/C24H34O2/c1-7-17(5)22-23-19(13-21(15(2)3)24(22)26)12-11-18(6)20(23)10-8-9-16(4)14-25/h9,11-13,15,17,25-26H,7-8,10,14H2,1-6H3/b16-9+/t17-/m0/s1. The van der Waals surface area contributed by atoms with Crippen LogP contribution in [-0.2, 0) is 6.42 Å². The molecule has 2 rings (SSSR count). The molecule has 0 unspecified atom stereocenters. The van der Waals surface area contributed by atoms with Crippen molar-refractivity contribution in [3.63, 3.8) is 0 Å². The molecule has 26 heavy (non-hydrogen) atoms. The van der Waals surface area contributed by atoms with Gasteiger partial charge in [0.15, 0.2) is 0 Å². The summed E-state index contributed by atoms with van der Waals surface area (Å²) in [6.07, 6.45) is 4.94. The summed E-state index contributed by atoms with van der Waals surface area (Å²) >= 11 is 0. The lowest BCUT2D eigenvalue weighted by Crippen LogP contribution is -2.03. The van der Waals surface area contributed by atoms with Gasteiger partial charge in [-0.25, -0.2) is 0 Å². The van der Waals surface area contributed by atoms with Crippen molar-refractivity contribution in [1.29, 1.82) is 0 Å². The van der Waals surface area contributed by atoms with Gasteiger partial charge in [0.05, 0.1) is 6.61 Å². The number of aromatic hydroxyl groups is 1. The number of fused-ring (bicyclic) bond motifs is 1. The fraction of sp³-hybridized carbons (Fsp3) is 0.500. The third-order valence-electron chi connectivity index (χ3n) is 5.55. The van der Waals surface area contributed by atoms with E-state index in [-0.39, 0.29) is 6.61 Å². The summed E-state index contributed by atoms with van der Waals surface area (Å²) in [5.74, 6) is 1.09. The fourth-order valence-electron chi connectivity index (χ4n) is 3.69. The lowest BCUT2D eigenvalue weighted by Gasteiger charge is -2.22. The van der Waals surface area contributed by atoms with Crippen LogP contribution in [0.4, 0.5) is 0 Å². The SMILES string of the molecule is CC[C@H](C)c1c(O)c(C(C)C)cc2ccc(C)c(CC/C=C(\C)CO)c12. The van der Waals surface area contributed by atoms with Crippen molar-refractivity contribution in [3.05, 3.63) is 52.1 Å². The number of hydrogen-bond acceptors (Lipinski definition) is 2. The van der Waals surface area contributed by atoms with Crippen LogP contribution >= 0.6 is 0 Å². The van der Waals surface area contributed by atoms with Crippen molar-refractivity contribution in [1.82, 2.24) is 0 Å². The maximum atomic E-state index is 11.1. The number of aliphatic hydroxyl groups excluding tert-OH is 1. The van der Waals surface area contributed by atoms with Crippen molar-refractivity contribution < 1.29 is 10.2 Å². The first kappa shape index (κ1) is 20.5. The second-order valence-electron chi connectivity index (χ2n) is 7.90. The number of rotatable bonds is 7. The highest BCUT2D eigenvalue weighted by molar-refractivity contribution is 5.93. The van der Waals surface area contributed by atoms with Crippen LogP contribution < -0.4 is 0 Å². The molecule has 2 nitrogen and oxygen atoms in total. The monoisotopic (exact) mass is 354 g/mol. The Bertz CT molecular complexity index is 800. The number of phenolic OH excluding ortho intramolecular Hbond substituents is 1. The number of hydrogen-bond donors (Lipinski definition) is 2. The molecule has 2 aromatic rings. The van der Waals surface area contributed by atoms with Gasteiger partial charge >= 0.3 is 0 Å². The Morgan fingerprint density at radius 2 is 1.88 bits per heavy atom. The molecule has 0 saturated heterocycles. The van der Waals surface area contributed by atoms with Gasteiger partial charge in [0.1, 0.15) is 5.75 Å². The quantitative estimate of drug-likeness (QED) is 0.568. The van der Waals surface area contributed by atoms with Gasteiger partial charge in [-0.3, -0.25) is 0 Å². The van der Waals surface area contributed by atoms with Crippen LogP contribution in [-0.4, -0.2) is 16.8 Å². The number of aliphatic hydroxyl groups is 1. The molecule has 0 saturated carbocycles. The van der Waals surface area contributed by atoms with Crippen LogP contribution in [0.1, 0.15) is 81.5 Å². The average molecular weight is 355 g/mol. The van der Waals surface area contributed by atoms with E-state index < -0.39 is 0 Å². The summed E-state index contributed by atoms with van der Waals surface area (Å²) in [6.45, 7) is 12.9. The van der Waals surface area contributed by atoms with E-state index in [9.17, 15) is 10.2 Å². The molecule has 0 spiro atoms. The number of phenols is 1. The van der Waals surface area contributed by atoms with Gasteiger partial charge in [0.2, 0.25) is 0 Å². The van der Waals surface area contributed by atoms with Crippen molar-refractivity contribution in [2.75, 3.05) is 6.61 Å². The van der Waals surface area contributed by atoms with Gasteiger partial charge in [0, 0.05) is 5.56 Å². The maximum absolute atomic E-state index is 11.1. The minimum atomic E-state index is 0.116. The molecule has 0 radical (unpaired) electrons. The summed E-state index contributed by atoms with van der Waals surface area (Å²) in [7, 11) is 0. The average Bonchev–Trinajstić information content (AvgIpc) is 2.62. The minimum Gasteiger partial charge on any atom is -0.507 e. The lowest BCUT2D eigenvalue weighted by atomic mass is 9.83. The highest BCUT2D eigenvalue weighted by Gasteiger charge is 2.21. The smallest absolute Gasteiger partial charge is 0.123 e. The molecule has 0 bridgehead atoms. The van der Waals surface area contributed by atoms with Crippen molar-refractivity contribution in [2.24, 2.45) is 0 Å². The number of aryl methyl sites for hydroxylation is 2. The van der Waals surface area contributed by atoms with E-state index in [0.717, 1.165) is 36.0 Å². The minimum absolute atomic E-state index is 0.116. The Morgan fingerprint density at radius 3 is 2.46 bits per heavy atom. The second kappa shape index (κ2) is 8.73. The van der Waals surface area contributed by atoms with E-state index >= 15 is 0 Å². The van der Waals surface area contributed by atoms with E-state index in [1.807, 2.05) is 6.92 Å². The van der Waals surface area contributed by atoms with Crippen LogP contribution in [0.2, 0.25) is 0 Å². The molecule has 0 aliphatic rings. The van der Waals surface area contributed by atoms with Gasteiger partial charge in [-0.1, -0.05) is 51.5 Å². The van der Waals surface area contributed by atoms with Crippen LogP contribution in [0.3, 0.4) is 0 Å². The molecule has 0 aromatic heterocycles. The first-order valence-electron chi connectivity index (χ1n) is 9.86. The molecule has 0 fully saturated rings. The predicted molar refractivity (Wildman–Crippen MR) is 112 cm³/mol. The van der Waals surface area contributed by atoms with Crippen LogP contribution in [0.5, 0.6) is 5.75 Å². The van der Waals surface area contributed by atoms with Crippen LogP contribution in [0.25, 0.3) is 10.8 Å². The molecule has 0 aliphatic carbocycles. The van der Waals surface area contributed by atoms with Crippen molar-refractivity contribution in [2.45, 2.75) is 72.6 Å². The molecule has 2 heteroatoms. The molecule has 2 N–H and O–H groups in total. The molecule has 0 aliphatic heterocycles. The topological polar surface area (TPSA) is 40.5 Å². The van der Waals surface area contributed by atoms with Crippen LogP contribution in [0, 0.1) is 6.92 Å². The Morgan fingerprint density at radius 1 is 1.19 bits per heavy atom. The Hall–Kier alpha value is -1.80. The van der Waals surface area contributed by atoms with Gasteiger partial charge in [-0.2, -0.15) is 0 Å². The third kappa shape index (κ3) is 4.12. The molecule has 142 valence electrons. The number of allylic oxidation sites excluding steroid dienone is 1. The van der Waals surface area contributed by atoms with Gasteiger partial charge in [0.25, 0.3) is 0 Å². The summed E-state index contributed by atoms with van der Waals surface area (Å²) in [6, 6.07) is 6.56. The summed E-state index contributed by atoms with van der Waals surface area (Å²) in [5.41, 5.74) is 5.75. The Kier molecular flexibility index (Phi) is 6.88. The summed E-state index contributed by atoms with van der Waals surface area (Å²) in [5, 5.41) is 22.8. The van der Waals surface area contributed by atoms with Gasteiger partial charge in [-0.05, 0) is 78.5 Å². The van der Waals surface area contributed by atoms with E-state index in [1.54, 1.807) is 0 Å². The number of benzene rings is 2. The predicted octanol–water partition coefficient (Wildman–Crippen LogP) is 6.36. The normalized spacial score (nSPS) is 13.6. The van der Waals surface area contributed by atoms with Crippen LogP contribution in [0.15, 0.2) is 29.8 Å². The van der Waals surface area contributed by atoms with E-state index in [0.29, 0.717) is 17.6 Å². The zero-order valence-electron chi connectivity index (χ0n) is 17.2. The van der Waals surface area contributed by atoms with Gasteiger partial charge < -0.3 is 10.2 Å². The van der Waals surface area contributed by atoms with Gasteiger partial charge in [-0.15, -0.1) is 0 Å². The molecule has 0 amide bonds. The molecule has 2 aromatic carbocycles. The van der Waals surface area contributed by atoms with E-state index in [1.165, 1.54) is 21.9 Å². The molecular weight excluding hydrogens is 320 g/mol. The van der Waals surface area contributed by atoms with Crippen molar-refractivity contribution in [3.8, 4) is 5.75 Å². The molecular formula is C24H34O2. The first-order valence-corrected chi connectivity index (χ1v) is 9.86. The van der Waals surface area contributed by atoms with E-state index in [2.05, 4.69) is 58.9 Å². The molecule has 1 atom stereocenters. The third-order valence-corrected chi connectivity index (χ3v) is 5.55. The highest BCUT2D eigenvalue weighted by Crippen LogP contribution is 2.42. The zero-order chi connectivity index (χ0) is 19.4. The summed E-state index contributed by atoms with van der Waals surface area (Å²) < 4.78 is 0. The van der Waals surface area contributed by atoms with Crippen molar-refractivity contribution >= 4 is 10.8 Å². The maximum Gasteiger partial charge on any atom is 0.123 e. The zero-order valence-corrected chi connectivity index (χ0v) is 17.2.